The third-order valence-electron chi connectivity index (χ3n) is 5.25. The van der Waals surface area contributed by atoms with Gasteiger partial charge in [0.2, 0.25) is 5.91 Å². The molecule has 0 unspecified atom stereocenters. The summed E-state index contributed by atoms with van der Waals surface area (Å²) in [6.45, 7) is 3.51. The predicted molar refractivity (Wildman–Crippen MR) is 112 cm³/mol. The van der Waals surface area contributed by atoms with E-state index in [4.69, 9.17) is 16.3 Å². The minimum absolute atomic E-state index is 0.0532. The summed E-state index contributed by atoms with van der Waals surface area (Å²) >= 11 is 5.94. The maximum Gasteiger partial charge on any atom is 0.338 e. The van der Waals surface area contributed by atoms with Crippen LogP contribution in [0, 0.1) is 13.8 Å². The fourth-order valence-corrected chi connectivity index (χ4v) is 3.84. The van der Waals surface area contributed by atoms with Crippen molar-refractivity contribution < 1.29 is 19.1 Å². The van der Waals surface area contributed by atoms with Crippen molar-refractivity contribution in [2.75, 3.05) is 18.5 Å². The molecule has 2 aliphatic rings. The lowest BCUT2D eigenvalue weighted by molar-refractivity contribution is -0.136. The number of para-hydroxylation sites is 1. The van der Waals surface area contributed by atoms with Gasteiger partial charge in [-0.05, 0) is 42.7 Å². The maximum absolute atomic E-state index is 12.8. The third-order valence-corrected chi connectivity index (χ3v) is 5.50. The highest BCUT2D eigenvalue weighted by molar-refractivity contribution is 6.30. The lowest BCUT2D eigenvalue weighted by Crippen LogP contribution is -2.49. The van der Waals surface area contributed by atoms with E-state index in [1.807, 2.05) is 32.0 Å². The molecule has 154 valence electrons. The van der Waals surface area contributed by atoms with Crippen molar-refractivity contribution >= 4 is 35.2 Å². The molecule has 30 heavy (non-hydrogen) atoms. The molecule has 0 saturated heterocycles. The Morgan fingerprint density at radius 3 is 2.50 bits per heavy atom. The number of cyclic esters (lactones) is 1. The van der Waals surface area contributed by atoms with Gasteiger partial charge in [0.1, 0.15) is 13.2 Å². The van der Waals surface area contributed by atoms with E-state index in [1.54, 1.807) is 24.3 Å². The van der Waals surface area contributed by atoms with Crippen LogP contribution < -0.4 is 10.6 Å². The first-order valence-electron chi connectivity index (χ1n) is 9.45. The molecule has 0 spiro atoms. The summed E-state index contributed by atoms with van der Waals surface area (Å²) in [6.07, 6.45) is 0. The van der Waals surface area contributed by atoms with Crippen molar-refractivity contribution in [3.63, 3.8) is 0 Å². The van der Waals surface area contributed by atoms with Gasteiger partial charge in [-0.2, -0.15) is 0 Å². The smallest absolute Gasteiger partial charge is 0.338 e. The Kier molecular flexibility index (Phi) is 5.22. The van der Waals surface area contributed by atoms with E-state index >= 15 is 0 Å². The summed E-state index contributed by atoms with van der Waals surface area (Å²) in [7, 11) is 0. The number of halogens is 1. The van der Waals surface area contributed by atoms with Crippen LogP contribution in [0.2, 0.25) is 5.02 Å². The van der Waals surface area contributed by atoms with E-state index in [0.717, 1.165) is 11.1 Å². The Morgan fingerprint density at radius 2 is 1.83 bits per heavy atom. The summed E-state index contributed by atoms with van der Waals surface area (Å²) in [5, 5.41) is 6.21. The molecule has 3 amide bonds. The molecule has 1 atom stereocenters. The second kappa shape index (κ2) is 7.84. The van der Waals surface area contributed by atoms with E-state index in [0.29, 0.717) is 27.5 Å². The van der Waals surface area contributed by atoms with E-state index in [2.05, 4.69) is 10.6 Å². The van der Waals surface area contributed by atoms with Crippen LogP contribution in [-0.4, -0.2) is 36.0 Å². The topological polar surface area (TPSA) is 87.7 Å². The Bertz CT molecular complexity index is 1060. The van der Waals surface area contributed by atoms with Gasteiger partial charge < -0.3 is 15.4 Å². The minimum Gasteiger partial charge on any atom is -0.456 e. The van der Waals surface area contributed by atoms with Crippen molar-refractivity contribution in [2.24, 2.45) is 0 Å². The molecular formula is C22H20ClN3O4. The van der Waals surface area contributed by atoms with Gasteiger partial charge >= 0.3 is 12.0 Å². The van der Waals surface area contributed by atoms with Gasteiger partial charge in [0.15, 0.2) is 0 Å². The fourth-order valence-electron chi connectivity index (χ4n) is 3.72. The Hall–Kier alpha value is -3.32. The first-order chi connectivity index (χ1) is 14.3. The zero-order valence-corrected chi connectivity index (χ0v) is 17.2. The zero-order chi connectivity index (χ0) is 21.4. The number of urea groups is 1. The van der Waals surface area contributed by atoms with Gasteiger partial charge in [-0.1, -0.05) is 41.9 Å². The predicted octanol–water partition coefficient (Wildman–Crippen LogP) is 3.47. The summed E-state index contributed by atoms with van der Waals surface area (Å²) in [6, 6.07) is 11.4. The molecule has 0 bridgehead atoms. The Labute approximate surface area is 178 Å². The number of aryl methyl sites for hydroxylation is 2. The normalized spacial score (nSPS) is 18.1. The number of amides is 3. The second-order valence-corrected chi connectivity index (χ2v) is 7.71. The van der Waals surface area contributed by atoms with E-state index in [9.17, 15) is 14.4 Å². The molecule has 2 aromatic carbocycles. The van der Waals surface area contributed by atoms with Crippen LogP contribution in [0.5, 0.6) is 0 Å². The number of carbonyl (C=O) groups excluding carboxylic acids is 3. The van der Waals surface area contributed by atoms with Crippen LogP contribution in [0.25, 0.3) is 0 Å². The number of carbonyl (C=O) groups is 3. The quantitative estimate of drug-likeness (QED) is 0.734. The summed E-state index contributed by atoms with van der Waals surface area (Å²) < 4.78 is 5.19. The number of nitrogens with one attached hydrogen (secondary N) is 2. The fraction of sp³-hybridized carbons (Fsp3) is 0.227. The monoisotopic (exact) mass is 425 g/mol. The lowest BCUT2D eigenvalue weighted by atomic mass is 9.96. The number of benzene rings is 2. The largest absolute Gasteiger partial charge is 0.456 e. The van der Waals surface area contributed by atoms with Crippen LogP contribution in [0.15, 0.2) is 53.7 Å². The van der Waals surface area contributed by atoms with E-state index < -0.39 is 18.0 Å². The lowest BCUT2D eigenvalue weighted by Gasteiger charge is -2.32. The number of rotatable bonds is 4. The van der Waals surface area contributed by atoms with Crippen molar-refractivity contribution in [3.05, 3.63) is 75.4 Å². The molecule has 2 aliphatic heterocycles. The Morgan fingerprint density at radius 1 is 1.17 bits per heavy atom. The number of nitrogens with zero attached hydrogens (tertiary/aromatic N) is 1. The SMILES string of the molecule is Cc1cccc(C)c1NC(=O)CN1C(=O)N[C@H](c2ccc(Cl)cc2)C2=C1COC2=O. The maximum atomic E-state index is 12.8. The van der Waals surface area contributed by atoms with Gasteiger partial charge in [0, 0.05) is 10.7 Å². The summed E-state index contributed by atoms with van der Waals surface area (Å²) in [5.41, 5.74) is 4.00. The third kappa shape index (κ3) is 3.64. The molecule has 2 N–H and O–H groups in total. The van der Waals surface area contributed by atoms with Crippen molar-refractivity contribution in [3.8, 4) is 0 Å². The van der Waals surface area contributed by atoms with Crippen LogP contribution in [0.4, 0.5) is 10.5 Å². The van der Waals surface area contributed by atoms with E-state index in [1.165, 1.54) is 4.90 Å². The number of ether oxygens (including phenoxy) is 1. The van der Waals surface area contributed by atoms with Crippen LogP contribution in [0.3, 0.4) is 0 Å². The first kappa shape index (κ1) is 20.0. The minimum atomic E-state index is -0.655. The molecule has 0 aromatic heterocycles. The van der Waals surface area contributed by atoms with Gasteiger partial charge in [-0.15, -0.1) is 0 Å². The molecule has 4 rings (SSSR count). The molecule has 2 heterocycles. The average molecular weight is 426 g/mol. The number of hydrogen-bond acceptors (Lipinski definition) is 4. The second-order valence-electron chi connectivity index (χ2n) is 7.27. The number of hydrogen-bond donors (Lipinski definition) is 2. The number of anilines is 1. The first-order valence-corrected chi connectivity index (χ1v) is 9.82. The number of esters is 1. The molecule has 0 saturated carbocycles. The van der Waals surface area contributed by atoms with Crippen molar-refractivity contribution in [2.45, 2.75) is 19.9 Å². The van der Waals surface area contributed by atoms with Gasteiger partial charge in [0.05, 0.1) is 17.3 Å². The molecule has 2 aromatic rings. The van der Waals surface area contributed by atoms with E-state index in [-0.39, 0.29) is 19.1 Å². The molecule has 8 heteroatoms. The van der Waals surface area contributed by atoms with Crippen molar-refractivity contribution in [1.82, 2.24) is 10.2 Å². The van der Waals surface area contributed by atoms with Crippen LogP contribution >= 0.6 is 11.6 Å². The highest BCUT2D eigenvalue weighted by Gasteiger charge is 2.42. The van der Waals surface area contributed by atoms with Gasteiger partial charge in [0.25, 0.3) is 0 Å². The Balaban J connectivity index is 1.60. The molecule has 0 radical (unpaired) electrons. The highest BCUT2D eigenvalue weighted by Crippen LogP contribution is 2.35. The highest BCUT2D eigenvalue weighted by atomic mass is 35.5. The average Bonchev–Trinajstić information content (AvgIpc) is 3.09. The van der Waals surface area contributed by atoms with Gasteiger partial charge in [-0.3, -0.25) is 9.69 Å². The molecular weight excluding hydrogens is 406 g/mol. The molecule has 7 nitrogen and oxygen atoms in total. The van der Waals surface area contributed by atoms with Crippen LogP contribution in [0.1, 0.15) is 22.7 Å². The van der Waals surface area contributed by atoms with Crippen LogP contribution in [-0.2, 0) is 14.3 Å². The van der Waals surface area contributed by atoms with Gasteiger partial charge in [-0.25, -0.2) is 9.59 Å². The zero-order valence-electron chi connectivity index (χ0n) is 16.5. The van der Waals surface area contributed by atoms with Crippen molar-refractivity contribution in [1.29, 1.82) is 0 Å². The standard InChI is InChI=1S/C22H20ClN3O4/c1-12-4-3-5-13(2)19(12)24-17(27)10-26-16-11-30-21(28)18(16)20(25-22(26)29)14-6-8-15(23)9-7-14/h3-9,20H,10-11H2,1-2H3,(H,24,27)(H,25,29)/t20-/m1/s1. The summed E-state index contributed by atoms with van der Waals surface area (Å²) in [5.74, 6) is -0.871. The summed E-state index contributed by atoms with van der Waals surface area (Å²) in [4.78, 5) is 39.2. The molecule has 0 aliphatic carbocycles. The molecule has 0 fully saturated rings.